The predicted octanol–water partition coefficient (Wildman–Crippen LogP) is 5.43. The maximum absolute atomic E-state index is 11.8. The van der Waals surface area contributed by atoms with E-state index >= 15 is 0 Å². The Kier molecular flexibility index (Phi) is 7.11. The van der Waals surface area contributed by atoms with Crippen LogP contribution >= 0.6 is 0 Å². The molecule has 2 N–H and O–H groups in total. The SMILES string of the molecule is CC1(C)[C@H]2CC[C@@]1(C#C[C@@]1(O)CO[C@@H](c3ccccc3)O[C@@H]1CCO[Si](C)(C)C(C)(C)C)[C@H](O)C2. The molecule has 0 radical (unpaired) electrons. The molecule has 5 nitrogen and oxygen atoms in total. The van der Waals surface area contributed by atoms with Crippen molar-refractivity contribution in [1.82, 2.24) is 0 Å². The van der Waals surface area contributed by atoms with Gasteiger partial charge in [0.2, 0.25) is 0 Å². The van der Waals surface area contributed by atoms with Crippen LogP contribution in [-0.4, -0.2) is 49.6 Å². The third-order valence-electron chi connectivity index (χ3n) is 9.63. The van der Waals surface area contributed by atoms with Gasteiger partial charge in [0, 0.05) is 12.2 Å². The Morgan fingerprint density at radius 3 is 2.40 bits per heavy atom. The highest BCUT2D eigenvalue weighted by Crippen LogP contribution is 2.65. The molecule has 4 rings (SSSR count). The summed E-state index contributed by atoms with van der Waals surface area (Å²) in [4.78, 5) is 0. The Balaban J connectivity index is 1.58. The lowest BCUT2D eigenvalue weighted by molar-refractivity contribution is -0.279. The van der Waals surface area contributed by atoms with Crippen molar-refractivity contribution in [1.29, 1.82) is 0 Å². The molecule has 6 heteroatoms. The lowest BCUT2D eigenvalue weighted by atomic mass is 9.68. The zero-order chi connectivity index (χ0) is 25.7. The van der Waals surface area contributed by atoms with Gasteiger partial charge >= 0.3 is 0 Å². The summed E-state index contributed by atoms with van der Waals surface area (Å²) in [5.74, 6) is 7.07. The van der Waals surface area contributed by atoms with Crippen molar-refractivity contribution in [3.05, 3.63) is 35.9 Å². The third kappa shape index (κ3) is 4.76. The predicted molar refractivity (Wildman–Crippen MR) is 140 cm³/mol. The van der Waals surface area contributed by atoms with Gasteiger partial charge in [0.15, 0.2) is 20.2 Å². The molecule has 1 saturated heterocycles. The molecule has 0 amide bonds. The van der Waals surface area contributed by atoms with Gasteiger partial charge in [0.1, 0.15) is 6.10 Å². The average molecular weight is 501 g/mol. The minimum atomic E-state index is -1.93. The van der Waals surface area contributed by atoms with Crippen molar-refractivity contribution >= 4 is 8.32 Å². The first kappa shape index (κ1) is 26.8. The maximum atomic E-state index is 11.8. The lowest BCUT2D eigenvalue weighted by Gasteiger charge is -2.42. The standard InChI is InChI=1S/C29H44O5Si/c1-26(2,3)35(6,7)33-18-14-24-29(31,20-32-25(34-24)21-11-9-8-10-12-21)17-16-28-15-13-22(19-23(28)30)27(28,4)5/h8-12,22-25,30-31H,13-15,18-20H2,1-7H3/t22-,23+,24+,25+,28+,29+/m0/s1. The summed E-state index contributed by atoms with van der Waals surface area (Å²) in [5, 5.41) is 22.8. The van der Waals surface area contributed by atoms with Crippen molar-refractivity contribution in [2.75, 3.05) is 13.2 Å². The number of aliphatic hydroxyl groups is 2. The Labute approximate surface area is 212 Å². The maximum Gasteiger partial charge on any atom is 0.191 e. The van der Waals surface area contributed by atoms with Gasteiger partial charge in [-0.25, -0.2) is 0 Å². The van der Waals surface area contributed by atoms with Crippen LogP contribution in [0.4, 0.5) is 0 Å². The molecule has 0 unspecified atom stereocenters. The quantitative estimate of drug-likeness (QED) is 0.417. The monoisotopic (exact) mass is 500 g/mol. The summed E-state index contributed by atoms with van der Waals surface area (Å²) in [5.41, 5.74) is -1.12. The molecule has 6 atom stereocenters. The fourth-order valence-electron chi connectivity index (χ4n) is 5.90. The first-order chi connectivity index (χ1) is 16.2. The van der Waals surface area contributed by atoms with E-state index in [0.29, 0.717) is 18.9 Å². The molecule has 3 fully saturated rings. The highest BCUT2D eigenvalue weighted by atomic mass is 28.4. The molecule has 1 aromatic rings. The normalized spacial score (nSPS) is 36.6. The molecular formula is C29H44O5Si. The van der Waals surface area contributed by atoms with Gasteiger partial charge < -0.3 is 24.1 Å². The molecule has 1 aromatic carbocycles. The minimum Gasteiger partial charge on any atom is -0.417 e. The Bertz CT molecular complexity index is 959. The molecule has 0 aromatic heterocycles. The number of hydrogen-bond donors (Lipinski definition) is 2. The number of ether oxygens (including phenoxy) is 2. The highest BCUT2D eigenvalue weighted by molar-refractivity contribution is 6.74. The van der Waals surface area contributed by atoms with Gasteiger partial charge in [-0.15, -0.1) is 0 Å². The molecule has 194 valence electrons. The summed E-state index contributed by atoms with van der Waals surface area (Å²) >= 11 is 0. The number of hydrogen-bond acceptors (Lipinski definition) is 5. The topological polar surface area (TPSA) is 68.2 Å². The van der Waals surface area contributed by atoms with Crippen LogP contribution in [-0.2, 0) is 13.9 Å². The molecule has 2 aliphatic carbocycles. The third-order valence-corrected chi connectivity index (χ3v) is 14.2. The molecule has 1 heterocycles. The number of benzene rings is 1. The highest BCUT2D eigenvalue weighted by Gasteiger charge is 2.63. The van der Waals surface area contributed by atoms with Gasteiger partial charge in [-0.3, -0.25) is 0 Å². The van der Waals surface area contributed by atoms with Crippen LogP contribution in [0.2, 0.25) is 18.1 Å². The molecule has 35 heavy (non-hydrogen) atoms. The second-order valence-electron chi connectivity index (χ2n) is 12.9. The van der Waals surface area contributed by atoms with E-state index in [0.717, 1.165) is 24.8 Å². The molecular weight excluding hydrogens is 456 g/mol. The first-order valence-electron chi connectivity index (χ1n) is 13.1. The second kappa shape index (κ2) is 9.27. The molecule has 0 spiro atoms. The van der Waals surface area contributed by atoms with Crippen molar-refractivity contribution in [2.24, 2.45) is 16.7 Å². The summed E-state index contributed by atoms with van der Waals surface area (Å²) < 4.78 is 18.8. The second-order valence-corrected chi connectivity index (χ2v) is 17.7. The number of fused-ring (bicyclic) bond motifs is 2. The largest absolute Gasteiger partial charge is 0.417 e. The summed E-state index contributed by atoms with van der Waals surface area (Å²) in [6, 6.07) is 9.81. The van der Waals surface area contributed by atoms with Crippen LogP contribution in [0.15, 0.2) is 30.3 Å². The summed E-state index contributed by atoms with van der Waals surface area (Å²) in [6.07, 6.45) is 1.66. The van der Waals surface area contributed by atoms with E-state index < -0.39 is 37.8 Å². The van der Waals surface area contributed by atoms with Crippen LogP contribution in [0.25, 0.3) is 0 Å². The van der Waals surface area contributed by atoms with Crippen molar-refractivity contribution in [3.8, 4) is 11.8 Å². The van der Waals surface area contributed by atoms with E-state index in [1.165, 1.54) is 0 Å². The van der Waals surface area contributed by atoms with E-state index in [9.17, 15) is 10.2 Å². The van der Waals surface area contributed by atoms with Crippen molar-refractivity contribution < 1.29 is 24.1 Å². The van der Waals surface area contributed by atoms with E-state index in [1.807, 2.05) is 30.3 Å². The van der Waals surface area contributed by atoms with Crippen LogP contribution in [0, 0.1) is 28.6 Å². The zero-order valence-corrected chi connectivity index (χ0v) is 23.6. The van der Waals surface area contributed by atoms with Crippen LogP contribution in [0.1, 0.15) is 72.2 Å². The Morgan fingerprint density at radius 2 is 1.83 bits per heavy atom. The fraction of sp³-hybridized carbons (Fsp3) is 0.724. The lowest BCUT2D eigenvalue weighted by Crippen LogP contribution is -2.53. The first-order valence-corrected chi connectivity index (χ1v) is 16.0. The molecule has 3 aliphatic rings. The average Bonchev–Trinajstić information content (AvgIpc) is 3.14. The van der Waals surface area contributed by atoms with E-state index in [1.54, 1.807) is 0 Å². The van der Waals surface area contributed by atoms with Crippen LogP contribution < -0.4 is 0 Å². The summed E-state index contributed by atoms with van der Waals surface area (Å²) in [7, 11) is -1.93. The van der Waals surface area contributed by atoms with E-state index in [4.69, 9.17) is 13.9 Å². The minimum absolute atomic E-state index is 0.0559. The van der Waals surface area contributed by atoms with Gasteiger partial charge in [-0.2, -0.15) is 0 Å². The van der Waals surface area contributed by atoms with Gasteiger partial charge in [-0.05, 0) is 55.1 Å². The number of rotatable bonds is 5. The van der Waals surface area contributed by atoms with Crippen LogP contribution in [0.3, 0.4) is 0 Å². The van der Waals surface area contributed by atoms with Crippen LogP contribution in [0.5, 0.6) is 0 Å². The van der Waals surface area contributed by atoms with Gasteiger partial charge in [-0.1, -0.05) is 76.8 Å². The molecule has 1 aliphatic heterocycles. The molecule has 2 saturated carbocycles. The Morgan fingerprint density at radius 1 is 1.14 bits per heavy atom. The van der Waals surface area contributed by atoms with E-state index in [2.05, 4.69) is 59.6 Å². The Hall–Kier alpha value is -1.20. The number of aliphatic hydroxyl groups excluding tert-OH is 1. The smallest absolute Gasteiger partial charge is 0.191 e. The van der Waals surface area contributed by atoms with Crippen molar-refractivity contribution in [3.63, 3.8) is 0 Å². The fourth-order valence-corrected chi connectivity index (χ4v) is 6.96. The van der Waals surface area contributed by atoms with Gasteiger partial charge in [0.25, 0.3) is 0 Å². The molecule has 2 bridgehead atoms. The van der Waals surface area contributed by atoms with Gasteiger partial charge in [0.05, 0.1) is 18.1 Å². The summed E-state index contributed by atoms with van der Waals surface area (Å²) in [6.45, 7) is 16.1. The zero-order valence-electron chi connectivity index (χ0n) is 22.6. The van der Waals surface area contributed by atoms with E-state index in [-0.39, 0.29) is 17.1 Å². The van der Waals surface area contributed by atoms with Crippen molar-refractivity contribution in [2.45, 2.75) is 103 Å².